The summed E-state index contributed by atoms with van der Waals surface area (Å²) in [5.74, 6) is 0.0994. The number of hydrogen-bond acceptors (Lipinski definition) is 1. The Bertz CT molecular complexity index is 500. The highest BCUT2D eigenvalue weighted by atomic mass is 79.9. The van der Waals surface area contributed by atoms with Crippen molar-refractivity contribution in [3.63, 3.8) is 0 Å². The molecule has 16 heavy (non-hydrogen) atoms. The molecule has 0 amide bonds. The molecule has 2 aromatic rings. The molecular weight excluding hydrogens is 264 g/mol. The molecule has 0 aliphatic carbocycles. The van der Waals surface area contributed by atoms with Gasteiger partial charge in [0.05, 0.1) is 0 Å². The quantitative estimate of drug-likeness (QED) is 0.640. The van der Waals surface area contributed by atoms with Crippen LogP contribution in [-0.4, -0.2) is 5.84 Å². The number of rotatable bonds is 2. The number of nitrogens with one attached hydrogen (secondary N) is 1. The van der Waals surface area contributed by atoms with Gasteiger partial charge in [-0.2, -0.15) is 0 Å². The lowest BCUT2D eigenvalue weighted by Gasteiger charge is -2.03. The average Bonchev–Trinajstić information content (AvgIpc) is 2.30. The van der Waals surface area contributed by atoms with Gasteiger partial charge in [-0.25, -0.2) is 0 Å². The Morgan fingerprint density at radius 2 is 1.31 bits per heavy atom. The summed E-state index contributed by atoms with van der Waals surface area (Å²) in [5.41, 5.74) is 8.42. The molecule has 0 aliphatic rings. The molecule has 0 atom stereocenters. The topological polar surface area (TPSA) is 49.9 Å². The fourth-order valence-corrected chi connectivity index (χ4v) is 1.75. The van der Waals surface area contributed by atoms with Crippen LogP contribution in [0.1, 0.15) is 5.56 Å². The average molecular weight is 275 g/mol. The Morgan fingerprint density at radius 3 is 1.75 bits per heavy atom. The van der Waals surface area contributed by atoms with Gasteiger partial charge in [-0.05, 0) is 23.3 Å². The van der Waals surface area contributed by atoms with Gasteiger partial charge in [-0.3, -0.25) is 5.41 Å². The van der Waals surface area contributed by atoms with E-state index in [0.29, 0.717) is 0 Å². The van der Waals surface area contributed by atoms with Crippen LogP contribution in [0.25, 0.3) is 11.1 Å². The number of benzene rings is 2. The molecule has 0 spiro atoms. The summed E-state index contributed by atoms with van der Waals surface area (Å²) in [7, 11) is 0. The molecule has 0 bridgehead atoms. The molecule has 0 heterocycles. The van der Waals surface area contributed by atoms with Gasteiger partial charge in [0.2, 0.25) is 0 Å². The van der Waals surface area contributed by atoms with Crippen molar-refractivity contribution in [1.29, 1.82) is 5.41 Å². The van der Waals surface area contributed by atoms with Gasteiger partial charge in [-0.1, -0.05) is 52.3 Å². The maximum atomic E-state index is 7.31. The molecule has 3 heteroatoms. The number of nitrogens with two attached hydrogens (primary N) is 1. The van der Waals surface area contributed by atoms with Crippen molar-refractivity contribution in [2.75, 3.05) is 0 Å². The predicted molar refractivity (Wildman–Crippen MR) is 70.6 cm³/mol. The van der Waals surface area contributed by atoms with E-state index in [-0.39, 0.29) is 5.84 Å². The van der Waals surface area contributed by atoms with Crippen LogP contribution in [0.5, 0.6) is 0 Å². The minimum atomic E-state index is 0.0994. The summed E-state index contributed by atoms with van der Waals surface area (Å²) in [6.07, 6.45) is 0. The molecule has 2 rings (SSSR count). The van der Waals surface area contributed by atoms with Crippen molar-refractivity contribution in [2.45, 2.75) is 0 Å². The molecule has 80 valence electrons. The Hall–Kier alpha value is -1.61. The standard InChI is InChI=1S/C13H11BrN2/c14-12-7-5-10(6-8-12)9-1-3-11(4-2-9)13(15)16/h1-8H,(H3,15,16). The largest absolute Gasteiger partial charge is 0.384 e. The summed E-state index contributed by atoms with van der Waals surface area (Å²) in [6, 6.07) is 15.8. The van der Waals surface area contributed by atoms with Crippen LogP contribution in [0.4, 0.5) is 0 Å². The molecule has 0 unspecified atom stereocenters. The third kappa shape index (κ3) is 2.31. The van der Waals surface area contributed by atoms with E-state index in [1.807, 2.05) is 48.5 Å². The zero-order valence-electron chi connectivity index (χ0n) is 8.57. The Labute approximate surface area is 103 Å². The highest BCUT2D eigenvalue weighted by Crippen LogP contribution is 2.21. The van der Waals surface area contributed by atoms with Gasteiger partial charge in [0.15, 0.2) is 0 Å². The third-order valence-corrected chi connectivity index (χ3v) is 2.90. The molecule has 0 fully saturated rings. The number of nitrogen functional groups attached to an aromatic ring is 1. The molecular formula is C13H11BrN2. The second-order valence-electron chi connectivity index (χ2n) is 3.50. The van der Waals surface area contributed by atoms with Crippen molar-refractivity contribution in [2.24, 2.45) is 5.73 Å². The first-order chi connectivity index (χ1) is 7.66. The first kappa shape index (κ1) is 10.9. The van der Waals surface area contributed by atoms with Crippen molar-refractivity contribution in [3.05, 3.63) is 58.6 Å². The zero-order chi connectivity index (χ0) is 11.5. The normalized spacial score (nSPS) is 10.1. The minimum Gasteiger partial charge on any atom is -0.384 e. The van der Waals surface area contributed by atoms with E-state index < -0.39 is 0 Å². The smallest absolute Gasteiger partial charge is 0.122 e. The second kappa shape index (κ2) is 4.49. The van der Waals surface area contributed by atoms with Gasteiger partial charge in [0.25, 0.3) is 0 Å². The van der Waals surface area contributed by atoms with E-state index in [4.69, 9.17) is 11.1 Å². The van der Waals surface area contributed by atoms with Crippen molar-refractivity contribution >= 4 is 21.8 Å². The van der Waals surface area contributed by atoms with Crippen LogP contribution in [0, 0.1) is 5.41 Å². The maximum absolute atomic E-state index is 7.31. The molecule has 3 N–H and O–H groups in total. The monoisotopic (exact) mass is 274 g/mol. The van der Waals surface area contributed by atoms with E-state index in [1.165, 1.54) is 0 Å². The van der Waals surface area contributed by atoms with Crippen LogP contribution in [0.3, 0.4) is 0 Å². The number of halogens is 1. The van der Waals surface area contributed by atoms with Crippen molar-refractivity contribution in [3.8, 4) is 11.1 Å². The van der Waals surface area contributed by atoms with Gasteiger partial charge >= 0.3 is 0 Å². The van der Waals surface area contributed by atoms with Gasteiger partial charge in [0.1, 0.15) is 5.84 Å². The molecule has 2 nitrogen and oxygen atoms in total. The summed E-state index contributed by atoms with van der Waals surface area (Å²) in [4.78, 5) is 0. The van der Waals surface area contributed by atoms with Gasteiger partial charge in [-0.15, -0.1) is 0 Å². The van der Waals surface area contributed by atoms with Crippen molar-refractivity contribution in [1.82, 2.24) is 0 Å². The van der Waals surface area contributed by atoms with E-state index >= 15 is 0 Å². The minimum absolute atomic E-state index is 0.0994. The van der Waals surface area contributed by atoms with Crippen LogP contribution in [0.2, 0.25) is 0 Å². The Kier molecular flexibility index (Phi) is 3.06. The predicted octanol–water partition coefficient (Wildman–Crippen LogP) is 3.40. The van der Waals surface area contributed by atoms with E-state index in [1.54, 1.807) is 0 Å². The lowest BCUT2D eigenvalue weighted by atomic mass is 10.0. The molecule has 0 saturated carbocycles. The molecule has 0 saturated heterocycles. The fraction of sp³-hybridized carbons (Fsp3) is 0. The third-order valence-electron chi connectivity index (χ3n) is 2.37. The first-order valence-corrected chi connectivity index (χ1v) is 5.66. The lowest BCUT2D eigenvalue weighted by Crippen LogP contribution is -2.10. The van der Waals surface area contributed by atoms with Crippen LogP contribution in [0.15, 0.2) is 53.0 Å². The fourth-order valence-electron chi connectivity index (χ4n) is 1.48. The molecule has 0 aromatic heterocycles. The van der Waals surface area contributed by atoms with E-state index in [9.17, 15) is 0 Å². The highest BCUT2D eigenvalue weighted by molar-refractivity contribution is 9.10. The van der Waals surface area contributed by atoms with Gasteiger partial charge in [0, 0.05) is 10.0 Å². The number of hydrogen-bond donors (Lipinski definition) is 2. The first-order valence-electron chi connectivity index (χ1n) is 4.87. The Balaban J connectivity index is 2.34. The highest BCUT2D eigenvalue weighted by Gasteiger charge is 1.99. The molecule has 0 radical (unpaired) electrons. The molecule has 0 aliphatic heterocycles. The van der Waals surface area contributed by atoms with E-state index in [0.717, 1.165) is 21.2 Å². The Morgan fingerprint density at radius 1 is 0.875 bits per heavy atom. The van der Waals surface area contributed by atoms with Crippen LogP contribution >= 0.6 is 15.9 Å². The van der Waals surface area contributed by atoms with Crippen LogP contribution < -0.4 is 5.73 Å². The summed E-state index contributed by atoms with van der Waals surface area (Å²) >= 11 is 3.40. The maximum Gasteiger partial charge on any atom is 0.122 e. The summed E-state index contributed by atoms with van der Waals surface area (Å²) in [5, 5.41) is 7.31. The second-order valence-corrected chi connectivity index (χ2v) is 4.41. The molecule has 2 aromatic carbocycles. The van der Waals surface area contributed by atoms with Crippen LogP contribution in [-0.2, 0) is 0 Å². The lowest BCUT2D eigenvalue weighted by molar-refractivity contribution is 1.42. The number of amidine groups is 1. The van der Waals surface area contributed by atoms with Gasteiger partial charge < -0.3 is 5.73 Å². The zero-order valence-corrected chi connectivity index (χ0v) is 10.2. The van der Waals surface area contributed by atoms with Crippen molar-refractivity contribution < 1.29 is 0 Å². The van der Waals surface area contributed by atoms with E-state index in [2.05, 4.69) is 15.9 Å². The summed E-state index contributed by atoms with van der Waals surface area (Å²) in [6.45, 7) is 0. The summed E-state index contributed by atoms with van der Waals surface area (Å²) < 4.78 is 1.07. The SMILES string of the molecule is N=C(N)c1ccc(-c2ccc(Br)cc2)cc1.